The molecule has 1 N–H and O–H groups in total. The number of para-hydroxylation sites is 1. The molecule has 0 spiro atoms. The van der Waals surface area contributed by atoms with Crippen molar-refractivity contribution in [3.05, 3.63) is 87.9 Å². The standard InChI is InChI=1S/C31H32O6/c1-30(2)13-21(32)27-24(15-30)37-25-16-31(3,4)14-22(33)28(25)26(27)20-7-5-6-8-23(20)36-17-18-9-11-19(12-10-18)29(34)35/h5-12,26H,13-17H2,1-4H3,(H,34,35). The van der Waals surface area contributed by atoms with Crippen molar-refractivity contribution in [3.63, 3.8) is 0 Å². The van der Waals surface area contributed by atoms with E-state index in [1.165, 1.54) is 0 Å². The second-order valence-corrected chi connectivity index (χ2v) is 11.9. The van der Waals surface area contributed by atoms with Gasteiger partial charge in [0, 0.05) is 42.4 Å². The first-order chi connectivity index (χ1) is 17.4. The molecule has 6 nitrogen and oxygen atoms in total. The van der Waals surface area contributed by atoms with E-state index in [9.17, 15) is 14.4 Å². The Morgan fingerprint density at radius 1 is 0.865 bits per heavy atom. The first-order valence-electron chi connectivity index (χ1n) is 12.7. The molecule has 2 aliphatic carbocycles. The van der Waals surface area contributed by atoms with Crippen molar-refractivity contribution in [2.24, 2.45) is 10.8 Å². The molecule has 0 radical (unpaired) electrons. The predicted molar refractivity (Wildman–Crippen MR) is 138 cm³/mol. The van der Waals surface area contributed by atoms with Gasteiger partial charge in [0.1, 0.15) is 23.9 Å². The van der Waals surface area contributed by atoms with Crippen molar-refractivity contribution in [2.45, 2.75) is 65.9 Å². The Morgan fingerprint density at radius 3 is 1.95 bits per heavy atom. The molecule has 192 valence electrons. The SMILES string of the molecule is CC1(C)CC(=O)C2=C(C1)OC1=C(C(=O)CC(C)(C)C1)C2c1ccccc1OCc1ccc(C(=O)O)cc1. The first kappa shape index (κ1) is 25.0. The van der Waals surface area contributed by atoms with Gasteiger partial charge in [0.15, 0.2) is 11.6 Å². The number of Topliss-reactive ketones (excluding diaryl/α,β-unsaturated/α-hetero) is 2. The predicted octanol–water partition coefficient (Wildman–Crippen LogP) is 6.36. The van der Waals surface area contributed by atoms with Crippen LogP contribution in [-0.2, 0) is 20.9 Å². The Morgan fingerprint density at radius 2 is 1.41 bits per heavy atom. The molecule has 3 aliphatic rings. The third-order valence-corrected chi connectivity index (χ3v) is 7.41. The lowest BCUT2D eigenvalue weighted by Crippen LogP contribution is -2.37. The third kappa shape index (κ3) is 4.85. The van der Waals surface area contributed by atoms with E-state index in [1.54, 1.807) is 24.3 Å². The fraction of sp³-hybridized carbons (Fsp3) is 0.387. The van der Waals surface area contributed by atoms with Crippen LogP contribution in [0.25, 0.3) is 0 Å². The van der Waals surface area contributed by atoms with Gasteiger partial charge in [0.25, 0.3) is 0 Å². The number of carboxylic acids is 1. The summed E-state index contributed by atoms with van der Waals surface area (Å²) in [4.78, 5) is 38.3. The minimum absolute atomic E-state index is 0.0134. The van der Waals surface area contributed by atoms with E-state index < -0.39 is 11.9 Å². The van der Waals surface area contributed by atoms with Crippen LogP contribution < -0.4 is 4.74 Å². The highest BCUT2D eigenvalue weighted by molar-refractivity contribution is 6.06. The molecule has 0 bridgehead atoms. The number of hydrogen-bond acceptors (Lipinski definition) is 5. The molecule has 0 atom stereocenters. The topological polar surface area (TPSA) is 89.9 Å². The van der Waals surface area contributed by atoms with Crippen LogP contribution >= 0.6 is 0 Å². The zero-order chi connectivity index (χ0) is 26.5. The summed E-state index contributed by atoms with van der Waals surface area (Å²) in [5.41, 5.74) is 2.52. The fourth-order valence-electron chi connectivity index (χ4n) is 5.74. The number of carbonyl (C=O) groups excluding carboxylic acids is 2. The molecule has 1 heterocycles. The quantitative estimate of drug-likeness (QED) is 0.514. The summed E-state index contributed by atoms with van der Waals surface area (Å²) in [6, 6.07) is 14.1. The number of ether oxygens (including phenoxy) is 2. The Hall–Kier alpha value is -3.67. The van der Waals surface area contributed by atoms with E-state index in [0.717, 1.165) is 11.1 Å². The van der Waals surface area contributed by atoms with Crippen LogP contribution in [0, 0.1) is 10.8 Å². The van der Waals surface area contributed by atoms with Crippen molar-refractivity contribution < 1.29 is 29.0 Å². The molecular formula is C31H32O6. The number of rotatable bonds is 5. The molecule has 0 saturated carbocycles. The number of carbonyl (C=O) groups is 3. The number of carboxylic acid groups (broad SMARTS) is 1. The molecule has 0 saturated heterocycles. The molecule has 2 aromatic rings. The molecule has 0 aromatic heterocycles. The Kier molecular flexibility index (Phi) is 6.09. The second-order valence-electron chi connectivity index (χ2n) is 11.9. The van der Waals surface area contributed by atoms with Gasteiger partial charge in [-0.1, -0.05) is 58.0 Å². The third-order valence-electron chi connectivity index (χ3n) is 7.41. The second kappa shape index (κ2) is 9.02. The molecule has 0 unspecified atom stereocenters. The van der Waals surface area contributed by atoms with Crippen LogP contribution in [0.15, 0.2) is 71.2 Å². The van der Waals surface area contributed by atoms with Gasteiger partial charge < -0.3 is 14.6 Å². The lowest BCUT2D eigenvalue weighted by molar-refractivity contribution is -0.120. The van der Waals surface area contributed by atoms with Crippen LogP contribution in [0.3, 0.4) is 0 Å². The van der Waals surface area contributed by atoms with E-state index in [1.807, 2.05) is 24.3 Å². The zero-order valence-corrected chi connectivity index (χ0v) is 21.7. The molecule has 6 heteroatoms. The molecule has 2 aromatic carbocycles. The van der Waals surface area contributed by atoms with Crippen LogP contribution in [-0.4, -0.2) is 22.6 Å². The Bertz CT molecular complexity index is 1300. The maximum Gasteiger partial charge on any atom is 0.335 e. The summed E-state index contributed by atoms with van der Waals surface area (Å²) in [6.45, 7) is 8.50. The normalized spacial score (nSPS) is 20.8. The summed E-state index contributed by atoms with van der Waals surface area (Å²) < 4.78 is 12.6. The summed E-state index contributed by atoms with van der Waals surface area (Å²) in [5, 5.41) is 9.16. The van der Waals surface area contributed by atoms with Gasteiger partial charge in [-0.05, 0) is 34.6 Å². The van der Waals surface area contributed by atoms with E-state index in [4.69, 9.17) is 14.6 Å². The molecule has 0 amide bonds. The highest BCUT2D eigenvalue weighted by Crippen LogP contribution is 2.54. The maximum absolute atomic E-state index is 13.6. The number of benzene rings is 2. The van der Waals surface area contributed by atoms with Gasteiger partial charge in [-0.2, -0.15) is 0 Å². The van der Waals surface area contributed by atoms with Crippen LogP contribution in [0.5, 0.6) is 5.75 Å². The molecular weight excluding hydrogens is 468 g/mol. The first-order valence-corrected chi connectivity index (χ1v) is 12.7. The van der Waals surface area contributed by atoms with Crippen molar-refractivity contribution in [2.75, 3.05) is 0 Å². The van der Waals surface area contributed by atoms with Gasteiger partial charge in [0.05, 0.1) is 11.5 Å². The summed E-state index contributed by atoms with van der Waals surface area (Å²) >= 11 is 0. The summed E-state index contributed by atoms with van der Waals surface area (Å²) in [5.74, 6) is 0.455. The lowest BCUT2D eigenvalue weighted by atomic mass is 9.65. The van der Waals surface area contributed by atoms with Gasteiger partial charge in [-0.3, -0.25) is 9.59 Å². The fourth-order valence-corrected chi connectivity index (χ4v) is 5.74. The number of allylic oxidation sites excluding steroid dienone is 4. The zero-order valence-electron chi connectivity index (χ0n) is 21.7. The lowest BCUT2D eigenvalue weighted by Gasteiger charge is -2.43. The Labute approximate surface area is 217 Å². The van der Waals surface area contributed by atoms with Gasteiger partial charge in [-0.15, -0.1) is 0 Å². The van der Waals surface area contributed by atoms with Crippen molar-refractivity contribution in [3.8, 4) is 5.75 Å². The summed E-state index contributed by atoms with van der Waals surface area (Å²) in [7, 11) is 0. The average Bonchev–Trinajstić information content (AvgIpc) is 2.80. The summed E-state index contributed by atoms with van der Waals surface area (Å²) in [6.07, 6.45) is 2.06. The Balaban J connectivity index is 1.56. The highest BCUT2D eigenvalue weighted by Gasteiger charge is 2.48. The number of hydrogen-bond donors (Lipinski definition) is 1. The van der Waals surface area contributed by atoms with Crippen molar-refractivity contribution >= 4 is 17.5 Å². The van der Waals surface area contributed by atoms with Gasteiger partial charge in [-0.25, -0.2) is 4.79 Å². The molecule has 5 rings (SSSR count). The molecule has 37 heavy (non-hydrogen) atoms. The van der Waals surface area contributed by atoms with Gasteiger partial charge >= 0.3 is 5.97 Å². The van der Waals surface area contributed by atoms with E-state index in [-0.39, 0.29) is 34.6 Å². The monoisotopic (exact) mass is 500 g/mol. The van der Waals surface area contributed by atoms with E-state index in [0.29, 0.717) is 54.1 Å². The van der Waals surface area contributed by atoms with Crippen LogP contribution in [0.1, 0.15) is 80.8 Å². The maximum atomic E-state index is 13.6. The molecule has 0 fully saturated rings. The van der Waals surface area contributed by atoms with Crippen molar-refractivity contribution in [1.29, 1.82) is 0 Å². The van der Waals surface area contributed by atoms with Crippen LogP contribution in [0.4, 0.5) is 0 Å². The minimum Gasteiger partial charge on any atom is -0.489 e. The van der Waals surface area contributed by atoms with Gasteiger partial charge in [0.2, 0.25) is 0 Å². The van der Waals surface area contributed by atoms with E-state index >= 15 is 0 Å². The van der Waals surface area contributed by atoms with Crippen molar-refractivity contribution in [1.82, 2.24) is 0 Å². The van der Waals surface area contributed by atoms with E-state index in [2.05, 4.69) is 27.7 Å². The molecule has 1 aliphatic heterocycles. The largest absolute Gasteiger partial charge is 0.489 e. The van der Waals surface area contributed by atoms with Crippen LogP contribution in [0.2, 0.25) is 0 Å². The number of aromatic carboxylic acids is 1. The smallest absolute Gasteiger partial charge is 0.335 e. The number of ketones is 2. The minimum atomic E-state index is -0.980. The average molecular weight is 501 g/mol. The highest BCUT2D eigenvalue weighted by atomic mass is 16.5.